The predicted molar refractivity (Wildman–Crippen MR) is 79.1 cm³/mol. The van der Waals surface area contributed by atoms with Gasteiger partial charge in [0.25, 0.3) is 0 Å². The number of nitrogens with one attached hydrogen (secondary N) is 1. The normalized spacial score (nSPS) is 20.1. The average Bonchev–Trinajstić information content (AvgIpc) is 2.41. The Morgan fingerprint density at radius 3 is 2.89 bits per heavy atom. The van der Waals surface area contributed by atoms with Crippen molar-refractivity contribution in [2.75, 3.05) is 18.5 Å². The summed E-state index contributed by atoms with van der Waals surface area (Å²) in [6.45, 7) is 4.49. The summed E-state index contributed by atoms with van der Waals surface area (Å²) >= 11 is 0. The molecule has 0 aromatic heterocycles. The van der Waals surface area contributed by atoms with Crippen LogP contribution in [-0.2, 0) is 6.54 Å². The quantitative estimate of drug-likeness (QED) is 0.854. The van der Waals surface area contributed by atoms with Gasteiger partial charge in [-0.05, 0) is 44.4 Å². The smallest absolute Gasteiger partial charge is 0.0414 e. The largest absolute Gasteiger partial charge is 0.368 e. The van der Waals surface area contributed by atoms with Gasteiger partial charge in [-0.1, -0.05) is 31.5 Å². The van der Waals surface area contributed by atoms with Crippen molar-refractivity contribution in [3.8, 4) is 0 Å². The number of hydrogen-bond donors (Lipinski definition) is 1. The molecule has 1 heterocycles. The maximum atomic E-state index is 3.28. The van der Waals surface area contributed by atoms with Gasteiger partial charge in [0.1, 0.15) is 0 Å². The third-order valence-corrected chi connectivity index (χ3v) is 3.92. The van der Waals surface area contributed by atoms with Crippen LogP contribution in [0.2, 0.25) is 0 Å². The standard InChI is InChI=1S/C16H26N2/c1-3-8-15-10-6-7-12-18(15)16-11-5-4-9-14(16)13-17-2/h4-5,9,11,15,17H,3,6-8,10,12-13H2,1-2H3. The molecule has 1 saturated heterocycles. The second-order valence-electron chi connectivity index (χ2n) is 5.29. The lowest BCUT2D eigenvalue weighted by atomic mass is 9.96. The van der Waals surface area contributed by atoms with Gasteiger partial charge in [-0.3, -0.25) is 0 Å². The van der Waals surface area contributed by atoms with Crippen LogP contribution in [0.25, 0.3) is 0 Å². The number of benzene rings is 1. The molecule has 2 nitrogen and oxygen atoms in total. The summed E-state index contributed by atoms with van der Waals surface area (Å²) < 4.78 is 0. The van der Waals surface area contributed by atoms with Crippen LogP contribution in [-0.4, -0.2) is 19.6 Å². The fourth-order valence-corrected chi connectivity index (χ4v) is 3.08. The zero-order valence-electron chi connectivity index (χ0n) is 11.8. The Kier molecular flexibility index (Phi) is 5.06. The van der Waals surface area contributed by atoms with E-state index in [9.17, 15) is 0 Å². The Bertz CT molecular complexity index is 360. The van der Waals surface area contributed by atoms with Gasteiger partial charge in [-0.15, -0.1) is 0 Å². The predicted octanol–water partition coefficient (Wildman–Crippen LogP) is 3.57. The van der Waals surface area contributed by atoms with E-state index in [2.05, 4.69) is 41.4 Å². The molecule has 0 saturated carbocycles. The summed E-state index contributed by atoms with van der Waals surface area (Å²) in [5, 5.41) is 3.28. The highest BCUT2D eigenvalue weighted by molar-refractivity contribution is 5.54. The molecule has 100 valence electrons. The summed E-state index contributed by atoms with van der Waals surface area (Å²) in [5.41, 5.74) is 2.88. The lowest BCUT2D eigenvalue weighted by Gasteiger charge is -2.38. The Morgan fingerprint density at radius 2 is 2.11 bits per heavy atom. The summed E-state index contributed by atoms with van der Waals surface area (Å²) in [6, 6.07) is 9.62. The fraction of sp³-hybridized carbons (Fsp3) is 0.625. The van der Waals surface area contributed by atoms with E-state index in [0.717, 1.165) is 12.6 Å². The second kappa shape index (κ2) is 6.79. The molecule has 0 spiro atoms. The van der Waals surface area contributed by atoms with Crippen LogP contribution < -0.4 is 10.2 Å². The second-order valence-corrected chi connectivity index (χ2v) is 5.29. The molecule has 0 amide bonds. The summed E-state index contributed by atoms with van der Waals surface area (Å²) in [7, 11) is 2.02. The number of para-hydroxylation sites is 1. The maximum absolute atomic E-state index is 3.28. The van der Waals surface area contributed by atoms with E-state index < -0.39 is 0 Å². The Morgan fingerprint density at radius 1 is 1.28 bits per heavy atom. The van der Waals surface area contributed by atoms with Gasteiger partial charge in [-0.2, -0.15) is 0 Å². The number of piperidine rings is 1. The average molecular weight is 246 g/mol. The van der Waals surface area contributed by atoms with Gasteiger partial charge in [0, 0.05) is 24.8 Å². The van der Waals surface area contributed by atoms with Gasteiger partial charge in [0.2, 0.25) is 0 Å². The molecule has 1 aliphatic heterocycles. The van der Waals surface area contributed by atoms with Crippen molar-refractivity contribution in [3.05, 3.63) is 29.8 Å². The molecule has 1 N–H and O–H groups in total. The Labute approximate surface area is 111 Å². The molecular weight excluding hydrogens is 220 g/mol. The summed E-state index contributed by atoms with van der Waals surface area (Å²) in [6.07, 6.45) is 6.72. The molecule has 1 aliphatic rings. The highest BCUT2D eigenvalue weighted by atomic mass is 15.2. The highest BCUT2D eigenvalue weighted by Crippen LogP contribution is 2.29. The number of nitrogens with zero attached hydrogens (tertiary/aromatic N) is 1. The van der Waals surface area contributed by atoms with Crippen molar-refractivity contribution >= 4 is 5.69 Å². The van der Waals surface area contributed by atoms with Crippen LogP contribution in [0.5, 0.6) is 0 Å². The molecule has 0 aliphatic carbocycles. The molecule has 1 aromatic carbocycles. The molecule has 18 heavy (non-hydrogen) atoms. The monoisotopic (exact) mass is 246 g/mol. The van der Waals surface area contributed by atoms with Crippen LogP contribution in [0.1, 0.15) is 44.6 Å². The summed E-state index contributed by atoms with van der Waals surface area (Å²) in [5.74, 6) is 0. The van der Waals surface area contributed by atoms with Crippen molar-refractivity contribution in [1.82, 2.24) is 5.32 Å². The van der Waals surface area contributed by atoms with Gasteiger partial charge in [0.05, 0.1) is 0 Å². The molecule has 1 aromatic rings. The molecule has 0 radical (unpaired) electrons. The van der Waals surface area contributed by atoms with Crippen molar-refractivity contribution in [1.29, 1.82) is 0 Å². The summed E-state index contributed by atoms with van der Waals surface area (Å²) in [4.78, 5) is 2.65. The van der Waals surface area contributed by atoms with Crippen LogP contribution in [0, 0.1) is 0 Å². The third-order valence-electron chi connectivity index (χ3n) is 3.92. The van der Waals surface area contributed by atoms with E-state index >= 15 is 0 Å². The first kappa shape index (κ1) is 13.4. The van der Waals surface area contributed by atoms with Crippen LogP contribution in [0.15, 0.2) is 24.3 Å². The van der Waals surface area contributed by atoms with Crippen molar-refractivity contribution < 1.29 is 0 Å². The van der Waals surface area contributed by atoms with E-state index in [0.29, 0.717) is 0 Å². The first-order valence-electron chi connectivity index (χ1n) is 7.36. The van der Waals surface area contributed by atoms with Crippen molar-refractivity contribution in [2.45, 2.75) is 51.6 Å². The van der Waals surface area contributed by atoms with Crippen molar-refractivity contribution in [3.63, 3.8) is 0 Å². The van der Waals surface area contributed by atoms with E-state index in [1.165, 1.54) is 49.9 Å². The Balaban J connectivity index is 2.21. The van der Waals surface area contributed by atoms with Crippen LogP contribution in [0.3, 0.4) is 0 Å². The molecule has 1 unspecified atom stereocenters. The topological polar surface area (TPSA) is 15.3 Å². The van der Waals surface area contributed by atoms with Gasteiger partial charge in [0.15, 0.2) is 0 Å². The molecular formula is C16H26N2. The van der Waals surface area contributed by atoms with Crippen LogP contribution in [0.4, 0.5) is 5.69 Å². The Hall–Kier alpha value is -1.02. The number of rotatable bonds is 5. The first-order valence-corrected chi connectivity index (χ1v) is 7.36. The minimum atomic E-state index is 0.752. The number of hydrogen-bond acceptors (Lipinski definition) is 2. The molecule has 1 fully saturated rings. The van der Waals surface area contributed by atoms with E-state index in [-0.39, 0.29) is 0 Å². The van der Waals surface area contributed by atoms with Gasteiger partial charge in [-0.25, -0.2) is 0 Å². The zero-order chi connectivity index (χ0) is 12.8. The minimum absolute atomic E-state index is 0.752. The van der Waals surface area contributed by atoms with E-state index in [4.69, 9.17) is 0 Å². The van der Waals surface area contributed by atoms with Gasteiger partial charge >= 0.3 is 0 Å². The zero-order valence-corrected chi connectivity index (χ0v) is 11.8. The number of anilines is 1. The van der Waals surface area contributed by atoms with E-state index in [1.54, 1.807) is 0 Å². The molecule has 2 heteroatoms. The minimum Gasteiger partial charge on any atom is -0.368 e. The lowest BCUT2D eigenvalue weighted by molar-refractivity contribution is 0.433. The van der Waals surface area contributed by atoms with Crippen LogP contribution >= 0.6 is 0 Å². The van der Waals surface area contributed by atoms with Gasteiger partial charge < -0.3 is 10.2 Å². The molecule has 0 bridgehead atoms. The van der Waals surface area contributed by atoms with E-state index in [1.807, 2.05) is 7.05 Å². The fourth-order valence-electron chi connectivity index (χ4n) is 3.08. The third kappa shape index (κ3) is 3.05. The molecule has 2 rings (SSSR count). The SMILES string of the molecule is CCCC1CCCCN1c1ccccc1CNC. The van der Waals surface area contributed by atoms with Crippen molar-refractivity contribution in [2.24, 2.45) is 0 Å². The molecule has 1 atom stereocenters. The highest BCUT2D eigenvalue weighted by Gasteiger charge is 2.23. The maximum Gasteiger partial charge on any atom is 0.0414 e. The first-order chi connectivity index (χ1) is 8.86. The lowest BCUT2D eigenvalue weighted by Crippen LogP contribution is -2.40.